The largest absolute Gasteiger partial charge is 0.350 e. The Morgan fingerprint density at radius 3 is 2.53 bits per heavy atom. The summed E-state index contributed by atoms with van der Waals surface area (Å²) in [5, 5.41) is 2.71. The molecule has 1 rings (SSSR count). The van der Waals surface area contributed by atoms with E-state index in [0.29, 0.717) is 15.6 Å². The van der Waals surface area contributed by atoms with Gasteiger partial charge in [0.05, 0.1) is 0 Å². The lowest BCUT2D eigenvalue weighted by Gasteiger charge is -2.09. The molecule has 4 heteroatoms. The van der Waals surface area contributed by atoms with E-state index in [1.165, 1.54) is 6.07 Å². The van der Waals surface area contributed by atoms with Gasteiger partial charge in [0.2, 0.25) is 0 Å². The number of hydrogen-bond donors (Lipinski definition) is 1. The number of hydrogen-bond acceptors (Lipinski definition) is 1. The van der Waals surface area contributed by atoms with Gasteiger partial charge in [-0.05, 0) is 38.5 Å². The Kier molecular flexibility index (Phi) is 3.85. The van der Waals surface area contributed by atoms with Gasteiger partial charge in [0.25, 0.3) is 5.91 Å². The maximum absolute atomic E-state index is 13.3. The molecule has 15 heavy (non-hydrogen) atoms. The molecule has 0 aliphatic carbocycles. The van der Waals surface area contributed by atoms with Gasteiger partial charge in [0, 0.05) is 16.1 Å². The zero-order valence-electron chi connectivity index (χ0n) is 8.90. The molecule has 0 aliphatic heterocycles. The Bertz CT molecular complexity index is 367. The van der Waals surface area contributed by atoms with Crippen LogP contribution in [0.5, 0.6) is 0 Å². The molecular weight excluding hydrogens is 261 g/mol. The van der Waals surface area contributed by atoms with Crippen LogP contribution in [0.4, 0.5) is 4.39 Å². The lowest BCUT2D eigenvalue weighted by Crippen LogP contribution is -2.30. The number of amides is 1. The Labute approximate surface area is 97.0 Å². The van der Waals surface area contributed by atoms with Crippen molar-refractivity contribution in [3.8, 4) is 0 Å². The first-order chi connectivity index (χ1) is 6.91. The van der Waals surface area contributed by atoms with E-state index in [2.05, 4.69) is 21.2 Å². The summed E-state index contributed by atoms with van der Waals surface area (Å²) in [5.74, 6) is -0.636. The second-order valence-corrected chi connectivity index (χ2v) is 4.55. The highest BCUT2D eigenvalue weighted by Crippen LogP contribution is 2.21. The summed E-state index contributed by atoms with van der Waals surface area (Å²) < 4.78 is 13.9. The first-order valence-corrected chi connectivity index (χ1v) is 5.47. The summed E-state index contributed by atoms with van der Waals surface area (Å²) in [4.78, 5) is 11.6. The smallest absolute Gasteiger partial charge is 0.251 e. The van der Waals surface area contributed by atoms with Crippen molar-refractivity contribution in [2.45, 2.75) is 26.8 Å². The molecule has 82 valence electrons. The van der Waals surface area contributed by atoms with Crippen LogP contribution in [0.25, 0.3) is 0 Å². The van der Waals surface area contributed by atoms with E-state index in [0.717, 1.165) is 0 Å². The minimum atomic E-state index is -0.377. The van der Waals surface area contributed by atoms with E-state index in [-0.39, 0.29) is 17.8 Å². The van der Waals surface area contributed by atoms with Crippen molar-refractivity contribution < 1.29 is 9.18 Å². The van der Waals surface area contributed by atoms with E-state index in [1.54, 1.807) is 13.0 Å². The van der Waals surface area contributed by atoms with Gasteiger partial charge in [-0.15, -0.1) is 0 Å². The molecule has 1 amide bonds. The molecule has 0 atom stereocenters. The Morgan fingerprint density at radius 2 is 2.07 bits per heavy atom. The van der Waals surface area contributed by atoms with Crippen molar-refractivity contribution in [1.29, 1.82) is 0 Å². The zero-order valence-corrected chi connectivity index (χ0v) is 10.5. The number of benzene rings is 1. The fourth-order valence-electron chi connectivity index (χ4n) is 1.12. The lowest BCUT2D eigenvalue weighted by molar-refractivity contribution is 0.0942. The maximum Gasteiger partial charge on any atom is 0.251 e. The van der Waals surface area contributed by atoms with Crippen LogP contribution >= 0.6 is 15.9 Å². The normalized spacial score (nSPS) is 10.5. The van der Waals surface area contributed by atoms with E-state index < -0.39 is 0 Å². The fourth-order valence-corrected chi connectivity index (χ4v) is 1.56. The van der Waals surface area contributed by atoms with Crippen LogP contribution in [-0.2, 0) is 0 Å². The van der Waals surface area contributed by atoms with Gasteiger partial charge in [0.15, 0.2) is 0 Å². The third kappa shape index (κ3) is 3.02. The molecule has 0 radical (unpaired) electrons. The molecular formula is C11H13BrFNO. The quantitative estimate of drug-likeness (QED) is 0.882. The highest BCUT2D eigenvalue weighted by atomic mass is 79.9. The van der Waals surface area contributed by atoms with Crippen LogP contribution in [0.1, 0.15) is 29.8 Å². The standard InChI is InChI=1S/C11H13BrFNO/c1-6(2)14-11(15)8-4-9(12)7(3)10(13)5-8/h4-6H,1-3H3,(H,14,15). The third-order valence-electron chi connectivity index (χ3n) is 1.96. The number of carbonyl (C=O) groups is 1. The van der Waals surface area contributed by atoms with E-state index in [1.807, 2.05) is 13.8 Å². The topological polar surface area (TPSA) is 29.1 Å². The molecule has 0 unspecified atom stereocenters. The summed E-state index contributed by atoms with van der Waals surface area (Å²) in [5.41, 5.74) is 0.842. The van der Waals surface area contributed by atoms with Gasteiger partial charge in [-0.1, -0.05) is 15.9 Å². The van der Waals surface area contributed by atoms with Crippen molar-refractivity contribution in [2.24, 2.45) is 0 Å². The molecule has 0 aliphatic rings. The third-order valence-corrected chi connectivity index (χ3v) is 2.79. The minimum Gasteiger partial charge on any atom is -0.350 e. The molecule has 1 aromatic rings. The Hall–Kier alpha value is -0.900. The predicted molar refractivity (Wildman–Crippen MR) is 61.4 cm³/mol. The summed E-state index contributed by atoms with van der Waals surface area (Å²) in [6, 6.07) is 2.91. The van der Waals surface area contributed by atoms with Gasteiger partial charge < -0.3 is 5.32 Å². The number of nitrogens with one attached hydrogen (secondary N) is 1. The summed E-state index contributed by atoms with van der Waals surface area (Å²) >= 11 is 3.21. The van der Waals surface area contributed by atoms with Crippen LogP contribution in [0.15, 0.2) is 16.6 Å². The molecule has 0 saturated heterocycles. The molecule has 0 spiro atoms. The summed E-state index contributed by atoms with van der Waals surface area (Å²) in [6.45, 7) is 5.37. The highest BCUT2D eigenvalue weighted by molar-refractivity contribution is 9.10. The molecule has 0 saturated carbocycles. The molecule has 0 bridgehead atoms. The number of halogens is 2. The molecule has 1 N–H and O–H groups in total. The Balaban J connectivity index is 3.01. The monoisotopic (exact) mass is 273 g/mol. The molecule has 0 fully saturated rings. The van der Waals surface area contributed by atoms with Gasteiger partial charge >= 0.3 is 0 Å². The molecule has 1 aromatic carbocycles. The fraction of sp³-hybridized carbons (Fsp3) is 0.364. The van der Waals surface area contributed by atoms with Crippen molar-refractivity contribution in [3.63, 3.8) is 0 Å². The minimum absolute atomic E-state index is 0.0423. The summed E-state index contributed by atoms with van der Waals surface area (Å²) in [7, 11) is 0. The van der Waals surface area contributed by atoms with Gasteiger partial charge in [-0.2, -0.15) is 0 Å². The second-order valence-electron chi connectivity index (χ2n) is 3.69. The van der Waals surface area contributed by atoms with Gasteiger partial charge in [-0.3, -0.25) is 4.79 Å². The average Bonchev–Trinajstić information content (AvgIpc) is 2.12. The maximum atomic E-state index is 13.3. The van der Waals surface area contributed by atoms with Crippen LogP contribution in [-0.4, -0.2) is 11.9 Å². The van der Waals surface area contributed by atoms with Crippen LogP contribution in [0.2, 0.25) is 0 Å². The van der Waals surface area contributed by atoms with Gasteiger partial charge in [-0.25, -0.2) is 4.39 Å². The SMILES string of the molecule is Cc1c(F)cc(C(=O)NC(C)C)cc1Br. The molecule has 2 nitrogen and oxygen atoms in total. The first-order valence-electron chi connectivity index (χ1n) is 4.68. The number of rotatable bonds is 2. The lowest BCUT2D eigenvalue weighted by atomic mass is 10.1. The second kappa shape index (κ2) is 4.75. The highest BCUT2D eigenvalue weighted by Gasteiger charge is 2.11. The zero-order chi connectivity index (χ0) is 11.6. The average molecular weight is 274 g/mol. The van der Waals surface area contributed by atoms with E-state index >= 15 is 0 Å². The van der Waals surface area contributed by atoms with Crippen LogP contribution in [0.3, 0.4) is 0 Å². The van der Waals surface area contributed by atoms with Crippen molar-refractivity contribution >= 4 is 21.8 Å². The van der Waals surface area contributed by atoms with E-state index in [4.69, 9.17) is 0 Å². The number of carbonyl (C=O) groups excluding carboxylic acids is 1. The van der Waals surface area contributed by atoms with Crippen molar-refractivity contribution in [1.82, 2.24) is 5.32 Å². The predicted octanol–water partition coefficient (Wildman–Crippen LogP) is 3.03. The summed E-state index contributed by atoms with van der Waals surface area (Å²) in [6.07, 6.45) is 0. The van der Waals surface area contributed by atoms with Crippen molar-refractivity contribution in [2.75, 3.05) is 0 Å². The van der Waals surface area contributed by atoms with Crippen LogP contribution in [0, 0.1) is 12.7 Å². The molecule has 0 heterocycles. The Morgan fingerprint density at radius 1 is 1.47 bits per heavy atom. The van der Waals surface area contributed by atoms with Crippen LogP contribution < -0.4 is 5.32 Å². The van der Waals surface area contributed by atoms with E-state index in [9.17, 15) is 9.18 Å². The molecule has 0 aromatic heterocycles. The van der Waals surface area contributed by atoms with Gasteiger partial charge in [0.1, 0.15) is 5.82 Å². The first kappa shape index (κ1) is 12.2. The van der Waals surface area contributed by atoms with Crippen molar-refractivity contribution in [3.05, 3.63) is 33.5 Å².